The van der Waals surface area contributed by atoms with E-state index in [9.17, 15) is 18.0 Å². The van der Waals surface area contributed by atoms with Gasteiger partial charge in [0, 0.05) is 26.1 Å². The van der Waals surface area contributed by atoms with Crippen molar-refractivity contribution in [2.75, 3.05) is 19.6 Å². The van der Waals surface area contributed by atoms with Crippen LogP contribution in [0.15, 0.2) is 29.2 Å². The van der Waals surface area contributed by atoms with Gasteiger partial charge in [-0.15, -0.1) is 0 Å². The first-order chi connectivity index (χ1) is 12.8. The van der Waals surface area contributed by atoms with Gasteiger partial charge in [-0.25, -0.2) is 8.42 Å². The van der Waals surface area contributed by atoms with E-state index in [0.29, 0.717) is 25.9 Å². The zero-order valence-electron chi connectivity index (χ0n) is 15.7. The van der Waals surface area contributed by atoms with Gasteiger partial charge in [-0.1, -0.05) is 25.5 Å². The van der Waals surface area contributed by atoms with E-state index < -0.39 is 21.9 Å². The molecule has 1 aliphatic heterocycles. The minimum Gasteiger partial charge on any atom is -0.481 e. The van der Waals surface area contributed by atoms with Crippen LogP contribution >= 0.6 is 0 Å². The van der Waals surface area contributed by atoms with Crippen LogP contribution in [0.3, 0.4) is 0 Å². The van der Waals surface area contributed by atoms with Crippen molar-refractivity contribution in [3.63, 3.8) is 0 Å². The minimum atomic E-state index is -3.42. The molecule has 1 aromatic rings. The number of hydrogen-bond donors (Lipinski definition) is 2. The predicted molar refractivity (Wildman–Crippen MR) is 102 cm³/mol. The number of aryl methyl sites for hydroxylation is 1. The number of hydrogen-bond acceptors (Lipinski definition) is 4. The van der Waals surface area contributed by atoms with Crippen molar-refractivity contribution >= 4 is 21.9 Å². The Morgan fingerprint density at radius 3 is 2.37 bits per heavy atom. The molecule has 8 heteroatoms. The predicted octanol–water partition coefficient (Wildman–Crippen LogP) is 2.02. The zero-order valence-corrected chi connectivity index (χ0v) is 16.5. The van der Waals surface area contributed by atoms with Crippen molar-refractivity contribution in [1.82, 2.24) is 9.62 Å². The largest absolute Gasteiger partial charge is 0.481 e. The number of carbonyl (C=O) groups excluding carboxylic acids is 1. The molecule has 27 heavy (non-hydrogen) atoms. The zero-order chi connectivity index (χ0) is 19.9. The number of sulfonamides is 1. The second-order valence-corrected chi connectivity index (χ2v) is 8.82. The first kappa shape index (κ1) is 21.4. The van der Waals surface area contributed by atoms with Gasteiger partial charge in [-0.3, -0.25) is 9.59 Å². The van der Waals surface area contributed by atoms with Crippen molar-refractivity contribution in [3.8, 4) is 0 Å². The molecular weight excluding hydrogens is 368 g/mol. The third kappa shape index (κ3) is 6.04. The number of rotatable bonds is 10. The lowest BCUT2D eigenvalue weighted by atomic mass is 10.0. The molecule has 150 valence electrons. The molecule has 0 aromatic heterocycles. The molecule has 0 aliphatic carbocycles. The molecule has 2 rings (SSSR count). The van der Waals surface area contributed by atoms with Crippen LogP contribution in [0.2, 0.25) is 0 Å². The van der Waals surface area contributed by atoms with Gasteiger partial charge >= 0.3 is 5.97 Å². The fraction of sp³-hybridized carbons (Fsp3) is 0.579. The fourth-order valence-electron chi connectivity index (χ4n) is 3.15. The molecule has 1 atom stereocenters. The van der Waals surface area contributed by atoms with E-state index in [-0.39, 0.29) is 23.8 Å². The molecule has 0 spiro atoms. The summed E-state index contributed by atoms with van der Waals surface area (Å²) < 4.78 is 26.5. The Hall–Kier alpha value is -1.93. The summed E-state index contributed by atoms with van der Waals surface area (Å²) in [6.07, 6.45) is 3.78. The van der Waals surface area contributed by atoms with E-state index in [1.807, 2.05) is 6.92 Å². The van der Waals surface area contributed by atoms with E-state index in [2.05, 4.69) is 5.32 Å². The van der Waals surface area contributed by atoms with Gasteiger partial charge in [0.2, 0.25) is 15.9 Å². The average Bonchev–Trinajstić information content (AvgIpc) is 3.19. The molecule has 2 N–H and O–H groups in total. The second-order valence-electron chi connectivity index (χ2n) is 6.88. The minimum absolute atomic E-state index is 0.134. The third-order valence-corrected chi connectivity index (χ3v) is 6.71. The maximum absolute atomic E-state index is 12.5. The molecular formula is C19H28N2O5S. The molecule has 1 heterocycles. The summed E-state index contributed by atoms with van der Waals surface area (Å²) in [4.78, 5) is 23.3. The number of nitrogens with one attached hydrogen (secondary N) is 1. The van der Waals surface area contributed by atoms with Gasteiger partial charge in [0.25, 0.3) is 0 Å². The average molecular weight is 397 g/mol. The lowest BCUT2D eigenvalue weighted by molar-refractivity contribution is -0.141. The Labute approximate surface area is 160 Å². The Kier molecular flexibility index (Phi) is 7.79. The number of amides is 1. The molecule has 1 amide bonds. The van der Waals surface area contributed by atoms with Gasteiger partial charge < -0.3 is 10.4 Å². The van der Waals surface area contributed by atoms with Crippen molar-refractivity contribution < 1.29 is 23.1 Å². The van der Waals surface area contributed by atoms with E-state index in [1.54, 1.807) is 24.3 Å². The van der Waals surface area contributed by atoms with Crippen LogP contribution in [-0.4, -0.2) is 49.3 Å². The van der Waals surface area contributed by atoms with Crippen LogP contribution in [0.25, 0.3) is 0 Å². The van der Waals surface area contributed by atoms with E-state index in [1.165, 1.54) is 4.31 Å². The van der Waals surface area contributed by atoms with E-state index in [4.69, 9.17) is 5.11 Å². The number of carboxylic acids is 1. The summed E-state index contributed by atoms with van der Waals surface area (Å²) in [5, 5.41) is 11.8. The summed E-state index contributed by atoms with van der Waals surface area (Å²) >= 11 is 0. The number of benzene rings is 1. The highest BCUT2D eigenvalue weighted by molar-refractivity contribution is 7.89. The molecule has 7 nitrogen and oxygen atoms in total. The molecule has 1 aliphatic rings. The standard InChI is InChI=1S/C19H28N2O5S/c1-2-5-16(19(23)24)14-20-18(22)11-8-15-6-9-17(10-7-15)27(25,26)21-12-3-4-13-21/h6-7,9-10,16H,2-5,8,11-14H2,1H3,(H,20,22)(H,23,24). The van der Waals surface area contributed by atoms with Crippen molar-refractivity contribution in [1.29, 1.82) is 0 Å². The molecule has 0 radical (unpaired) electrons. The third-order valence-electron chi connectivity index (χ3n) is 4.80. The maximum atomic E-state index is 12.5. The quantitative estimate of drug-likeness (QED) is 0.630. The normalized spacial score (nSPS) is 16.2. The van der Waals surface area contributed by atoms with Crippen molar-refractivity contribution in [2.45, 2.75) is 50.3 Å². The highest BCUT2D eigenvalue weighted by Crippen LogP contribution is 2.21. The van der Waals surface area contributed by atoms with Crippen LogP contribution in [0, 0.1) is 5.92 Å². The Bertz CT molecular complexity index is 740. The molecule has 1 fully saturated rings. The van der Waals surface area contributed by atoms with Crippen molar-refractivity contribution in [3.05, 3.63) is 29.8 Å². The highest BCUT2D eigenvalue weighted by Gasteiger charge is 2.26. The Morgan fingerprint density at radius 2 is 1.81 bits per heavy atom. The van der Waals surface area contributed by atoms with E-state index in [0.717, 1.165) is 24.8 Å². The SMILES string of the molecule is CCCC(CNC(=O)CCc1ccc(S(=O)(=O)N2CCCC2)cc1)C(=O)O. The van der Waals surface area contributed by atoms with Gasteiger partial charge in [-0.05, 0) is 43.4 Å². The summed E-state index contributed by atoms with van der Waals surface area (Å²) in [6.45, 7) is 3.18. The van der Waals surface area contributed by atoms with Crippen LogP contribution in [0.4, 0.5) is 0 Å². The number of aliphatic carboxylic acids is 1. The summed E-state index contributed by atoms with van der Waals surface area (Å²) in [5.74, 6) is -1.66. The smallest absolute Gasteiger partial charge is 0.308 e. The number of carboxylic acid groups (broad SMARTS) is 1. The lowest BCUT2D eigenvalue weighted by Gasteiger charge is -2.15. The van der Waals surface area contributed by atoms with Gasteiger partial charge in [0.15, 0.2) is 0 Å². The van der Waals surface area contributed by atoms with Crippen LogP contribution in [-0.2, 0) is 26.0 Å². The van der Waals surface area contributed by atoms with Gasteiger partial charge in [0.1, 0.15) is 0 Å². The summed E-state index contributed by atoms with van der Waals surface area (Å²) in [7, 11) is -3.42. The van der Waals surface area contributed by atoms with Gasteiger partial charge in [-0.2, -0.15) is 4.31 Å². The Balaban J connectivity index is 1.84. The molecule has 0 bridgehead atoms. The first-order valence-corrected chi connectivity index (χ1v) is 10.9. The van der Waals surface area contributed by atoms with Crippen LogP contribution < -0.4 is 5.32 Å². The maximum Gasteiger partial charge on any atom is 0.308 e. The topological polar surface area (TPSA) is 104 Å². The fourth-order valence-corrected chi connectivity index (χ4v) is 4.67. The Morgan fingerprint density at radius 1 is 1.19 bits per heavy atom. The molecule has 1 unspecified atom stereocenters. The summed E-state index contributed by atoms with van der Waals surface area (Å²) in [5.41, 5.74) is 0.869. The monoisotopic (exact) mass is 396 g/mol. The molecule has 0 saturated carbocycles. The second kappa shape index (κ2) is 9.85. The van der Waals surface area contributed by atoms with Gasteiger partial charge in [0.05, 0.1) is 10.8 Å². The molecule has 1 saturated heterocycles. The van der Waals surface area contributed by atoms with Crippen LogP contribution in [0.5, 0.6) is 0 Å². The lowest BCUT2D eigenvalue weighted by Crippen LogP contribution is -2.33. The highest BCUT2D eigenvalue weighted by atomic mass is 32.2. The first-order valence-electron chi connectivity index (χ1n) is 9.43. The summed E-state index contributed by atoms with van der Waals surface area (Å²) in [6, 6.07) is 6.63. The molecule has 1 aromatic carbocycles. The number of carbonyl (C=O) groups is 2. The van der Waals surface area contributed by atoms with Crippen LogP contribution in [0.1, 0.15) is 44.6 Å². The number of nitrogens with zero attached hydrogens (tertiary/aromatic N) is 1. The van der Waals surface area contributed by atoms with Crippen molar-refractivity contribution in [2.24, 2.45) is 5.92 Å². The van der Waals surface area contributed by atoms with E-state index >= 15 is 0 Å².